The third-order valence-electron chi connectivity index (χ3n) is 6.31. The Balaban J connectivity index is 1.69. The number of rotatable bonds is 13. The molecular weight excluding hydrogens is 551 g/mol. The second kappa shape index (κ2) is 14.4. The number of aliphatic hydroxyl groups is 2. The van der Waals surface area contributed by atoms with Crippen molar-refractivity contribution < 1.29 is 19.7 Å². The molecule has 4 rings (SSSR count). The molecule has 0 aliphatic rings. The fourth-order valence-corrected chi connectivity index (χ4v) is 4.99. The number of nitrogens with zero attached hydrogens (tertiary/aromatic N) is 2. The predicted octanol–water partition coefficient (Wildman–Crippen LogP) is 4.97. The molecule has 0 saturated heterocycles. The van der Waals surface area contributed by atoms with Gasteiger partial charge in [-0.15, -0.1) is 0 Å². The minimum Gasteiger partial charge on any atom is -0.481 e. The molecule has 210 valence electrons. The van der Waals surface area contributed by atoms with Gasteiger partial charge < -0.3 is 30.3 Å². The predicted molar refractivity (Wildman–Crippen MR) is 159 cm³/mol. The Kier molecular flexibility index (Phi) is 10.7. The number of ether oxygens (including phenoxy) is 2. The van der Waals surface area contributed by atoms with Crippen LogP contribution in [0.15, 0.2) is 60.7 Å². The number of halogens is 2. The number of methoxy groups -OCH3 is 2. The van der Waals surface area contributed by atoms with E-state index in [1.807, 2.05) is 60.7 Å². The average Bonchev–Trinajstić information content (AvgIpc) is 2.98. The minimum atomic E-state index is 0.0534. The summed E-state index contributed by atoms with van der Waals surface area (Å²) in [4.78, 5) is 9.38. The highest BCUT2D eigenvalue weighted by molar-refractivity contribution is 6.39. The highest BCUT2D eigenvalue weighted by atomic mass is 35.5. The van der Waals surface area contributed by atoms with E-state index in [1.54, 1.807) is 14.2 Å². The summed E-state index contributed by atoms with van der Waals surface area (Å²) in [6.45, 7) is 2.10. The van der Waals surface area contributed by atoms with Crippen LogP contribution in [-0.2, 0) is 13.1 Å². The molecule has 2 aromatic carbocycles. The van der Waals surface area contributed by atoms with Crippen LogP contribution in [0.25, 0.3) is 33.6 Å². The topological polar surface area (TPSA) is 109 Å². The fraction of sp³-hybridized carbons (Fsp3) is 0.267. The van der Waals surface area contributed by atoms with Crippen molar-refractivity contribution in [2.24, 2.45) is 0 Å². The maximum absolute atomic E-state index is 9.03. The summed E-state index contributed by atoms with van der Waals surface area (Å²) in [5, 5.41) is 25.4. The van der Waals surface area contributed by atoms with Crippen molar-refractivity contribution in [3.63, 3.8) is 0 Å². The first-order valence-corrected chi connectivity index (χ1v) is 13.6. The lowest BCUT2D eigenvalue weighted by Crippen LogP contribution is -2.18. The Bertz CT molecular complexity index is 1340. The standard InChI is InChI=1S/C30H32Cl2N4O4/c1-39-29-19(17-33-13-15-37)9-11-25(35-29)23-7-3-5-21(27(23)31)22-6-4-8-24(28(22)32)26-12-10-20(18-34-14-16-38)30(36-26)40-2/h3-12,33-34,37-38H,13-18H2,1-2H3. The fourth-order valence-electron chi connectivity index (χ4n) is 4.34. The van der Waals surface area contributed by atoms with Gasteiger partial charge in [-0.1, -0.05) is 71.7 Å². The Morgan fingerprint density at radius 1 is 0.625 bits per heavy atom. The maximum atomic E-state index is 9.03. The van der Waals surface area contributed by atoms with Crippen LogP contribution >= 0.6 is 23.2 Å². The summed E-state index contributed by atoms with van der Waals surface area (Å²) in [6.07, 6.45) is 0. The van der Waals surface area contributed by atoms with Gasteiger partial charge in [0.25, 0.3) is 0 Å². The van der Waals surface area contributed by atoms with Crippen LogP contribution in [0.2, 0.25) is 10.0 Å². The van der Waals surface area contributed by atoms with Gasteiger partial charge in [0.05, 0.1) is 48.9 Å². The van der Waals surface area contributed by atoms with E-state index in [-0.39, 0.29) is 13.2 Å². The molecule has 0 unspecified atom stereocenters. The largest absolute Gasteiger partial charge is 0.481 e. The lowest BCUT2D eigenvalue weighted by molar-refractivity contribution is 0.291. The SMILES string of the molecule is COc1nc(-c2cccc(-c3cccc(-c4ccc(CNCCO)c(OC)n4)c3Cl)c2Cl)ccc1CNCCO. The molecule has 8 nitrogen and oxygen atoms in total. The van der Waals surface area contributed by atoms with E-state index < -0.39 is 0 Å². The highest BCUT2D eigenvalue weighted by Crippen LogP contribution is 2.42. The molecule has 0 aliphatic carbocycles. The molecular formula is C30H32Cl2N4O4. The molecule has 0 radical (unpaired) electrons. The molecule has 10 heteroatoms. The van der Waals surface area contributed by atoms with Gasteiger partial charge in [-0.2, -0.15) is 0 Å². The number of aliphatic hydroxyl groups excluding tert-OH is 2. The van der Waals surface area contributed by atoms with Crippen molar-refractivity contribution in [1.29, 1.82) is 0 Å². The van der Waals surface area contributed by atoms with Crippen molar-refractivity contribution in [2.45, 2.75) is 13.1 Å². The minimum absolute atomic E-state index is 0.0534. The summed E-state index contributed by atoms with van der Waals surface area (Å²) in [5.74, 6) is 0.971. The van der Waals surface area contributed by atoms with Gasteiger partial charge in [-0.3, -0.25) is 0 Å². The van der Waals surface area contributed by atoms with E-state index in [1.165, 1.54) is 0 Å². The number of aromatic nitrogens is 2. The van der Waals surface area contributed by atoms with Crippen LogP contribution in [0, 0.1) is 0 Å². The molecule has 40 heavy (non-hydrogen) atoms. The molecule has 4 aromatic rings. The van der Waals surface area contributed by atoms with Gasteiger partial charge in [0.15, 0.2) is 0 Å². The number of nitrogens with one attached hydrogen (secondary N) is 2. The molecule has 4 N–H and O–H groups in total. The number of pyridine rings is 2. The molecule has 0 atom stereocenters. The molecule has 0 saturated carbocycles. The van der Waals surface area contributed by atoms with Crippen molar-refractivity contribution in [2.75, 3.05) is 40.5 Å². The first kappa shape index (κ1) is 29.7. The average molecular weight is 584 g/mol. The number of hydrogen-bond donors (Lipinski definition) is 4. The molecule has 0 bridgehead atoms. The van der Waals surface area contributed by atoms with Crippen molar-refractivity contribution >= 4 is 23.2 Å². The van der Waals surface area contributed by atoms with Gasteiger partial charge in [-0.05, 0) is 12.1 Å². The van der Waals surface area contributed by atoms with Crippen LogP contribution in [0.4, 0.5) is 0 Å². The normalized spacial score (nSPS) is 11.1. The van der Waals surface area contributed by atoms with Crippen LogP contribution < -0.4 is 20.1 Å². The van der Waals surface area contributed by atoms with E-state index in [2.05, 4.69) is 10.6 Å². The van der Waals surface area contributed by atoms with E-state index in [0.29, 0.717) is 59.4 Å². The van der Waals surface area contributed by atoms with Crippen molar-refractivity contribution in [3.8, 4) is 45.4 Å². The van der Waals surface area contributed by atoms with Gasteiger partial charge in [0.1, 0.15) is 0 Å². The quantitative estimate of drug-likeness (QED) is 0.164. The first-order chi connectivity index (χ1) is 19.5. The second-order valence-electron chi connectivity index (χ2n) is 8.86. The Hall–Kier alpha value is -3.24. The van der Waals surface area contributed by atoms with E-state index in [0.717, 1.165) is 33.4 Å². The number of benzene rings is 2. The zero-order chi connectivity index (χ0) is 28.5. The molecule has 0 fully saturated rings. The molecule has 0 spiro atoms. The smallest absolute Gasteiger partial charge is 0.218 e. The summed E-state index contributed by atoms with van der Waals surface area (Å²) < 4.78 is 11.0. The maximum Gasteiger partial charge on any atom is 0.218 e. The molecule has 0 aliphatic heterocycles. The molecule has 2 aromatic heterocycles. The highest BCUT2D eigenvalue weighted by Gasteiger charge is 2.18. The molecule has 2 heterocycles. The zero-order valence-corrected chi connectivity index (χ0v) is 23.9. The van der Waals surface area contributed by atoms with Crippen LogP contribution in [-0.4, -0.2) is 60.7 Å². The summed E-state index contributed by atoms with van der Waals surface area (Å²) >= 11 is 13.9. The van der Waals surface area contributed by atoms with E-state index in [9.17, 15) is 0 Å². The van der Waals surface area contributed by atoms with Crippen LogP contribution in [0.5, 0.6) is 11.8 Å². The van der Waals surface area contributed by atoms with Crippen LogP contribution in [0.1, 0.15) is 11.1 Å². The Morgan fingerprint density at radius 2 is 1.02 bits per heavy atom. The van der Waals surface area contributed by atoms with Gasteiger partial charge in [-0.25, -0.2) is 9.97 Å². The van der Waals surface area contributed by atoms with E-state index >= 15 is 0 Å². The van der Waals surface area contributed by atoms with E-state index in [4.69, 9.17) is 52.9 Å². The molecule has 0 amide bonds. The van der Waals surface area contributed by atoms with Crippen molar-refractivity contribution in [1.82, 2.24) is 20.6 Å². The zero-order valence-electron chi connectivity index (χ0n) is 22.4. The number of hydrogen-bond acceptors (Lipinski definition) is 8. The summed E-state index contributed by atoms with van der Waals surface area (Å²) in [7, 11) is 3.15. The van der Waals surface area contributed by atoms with Gasteiger partial charge in [0, 0.05) is 59.6 Å². The first-order valence-electron chi connectivity index (χ1n) is 12.8. The second-order valence-corrected chi connectivity index (χ2v) is 9.62. The summed E-state index contributed by atoms with van der Waals surface area (Å²) in [5.41, 5.74) is 6.09. The lowest BCUT2D eigenvalue weighted by Gasteiger charge is -2.15. The van der Waals surface area contributed by atoms with Crippen LogP contribution in [0.3, 0.4) is 0 Å². The Labute approximate surface area is 243 Å². The Morgan fingerprint density at radius 3 is 1.40 bits per heavy atom. The third-order valence-corrected chi connectivity index (χ3v) is 7.13. The lowest BCUT2D eigenvalue weighted by atomic mass is 9.98. The third kappa shape index (κ3) is 6.72. The summed E-state index contributed by atoms with van der Waals surface area (Å²) in [6, 6.07) is 19.2. The van der Waals surface area contributed by atoms with Crippen molar-refractivity contribution in [3.05, 3.63) is 81.8 Å². The van der Waals surface area contributed by atoms with Gasteiger partial charge >= 0.3 is 0 Å². The monoisotopic (exact) mass is 582 g/mol. The van der Waals surface area contributed by atoms with Gasteiger partial charge in [0.2, 0.25) is 11.8 Å².